The Labute approximate surface area is 73.0 Å². The molecule has 12 heavy (non-hydrogen) atoms. The van der Waals surface area contributed by atoms with Crippen LogP contribution in [0.25, 0.3) is 10.7 Å². The highest BCUT2D eigenvalue weighted by Crippen LogP contribution is 2.20. The number of hydrogen-bond donors (Lipinski definition) is 1. The van der Waals surface area contributed by atoms with E-state index in [1.165, 1.54) is 11.5 Å². The first kappa shape index (κ1) is 7.23. The third kappa shape index (κ3) is 1.06. The van der Waals surface area contributed by atoms with Crippen molar-refractivity contribution in [1.29, 1.82) is 0 Å². The highest BCUT2D eigenvalue weighted by molar-refractivity contribution is 7.09. The van der Waals surface area contributed by atoms with E-state index in [1.807, 2.05) is 13.1 Å². The van der Waals surface area contributed by atoms with Crippen molar-refractivity contribution >= 4 is 17.5 Å². The number of nitrogen functional groups attached to an aromatic ring is 1. The molecule has 2 heterocycles. The van der Waals surface area contributed by atoms with Crippen LogP contribution in [0.3, 0.4) is 0 Å². The average molecular weight is 181 g/mol. The summed E-state index contributed by atoms with van der Waals surface area (Å²) < 4.78 is 5.62. The van der Waals surface area contributed by atoms with Gasteiger partial charge in [0.25, 0.3) is 0 Å². The third-order valence-electron chi connectivity index (χ3n) is 1.48. The normalized spacial score (nSPS) is 10.4. The Morgan fingerprint density at radius 2 is 2.42 bits per heavy atom. The molecule has 0 unspecified atom stereocenters. The number of anilines is 1. The summed E-state index contributed by atoms with van der Waals surface area (Å²) in [7, 11) is 1.85. The van der Waals surface area contributed by atoms with Crippen molar-refractivity contribution in [2.24, 2.45) is 7.05 Å². The topological polar surface area (TPSA) is 69.6 Å². The average Bonchev–Trinajstić information content (AvgIpc) is 2.58. The second-order valence-corrected chi connectivity index (χ2v) is 3.05. The monoisotopic (exact) mass is 181 g/mol. The van der Waals surface area contributed by atoms with Gasteiger partial charge < -0.3 is 5.73 Å². The zero-order valence-corrected chi connectivity index (χ0v) is 7.25. The lowest BCUT2D eigenvalue weighted by atomic mass is 10.4. The third-order valence-corrected chi connectivity index (χ3v) is 2.23. The summed E-state index contributed by atoms with van der Waals surface area (Å²) in [5.41, 5.74) is 6.33. The molecule has 0 amide bonds. The molecule has 0 aliphatic rings. The maximum Gasteiger partial charge on any atom is 0.232 e. The van der Waals surface area contributed by atoms with Crippen molar-refractivity contribution in [2.45, 2.75) is 0 Å². The summed E-state index contributed by atoms with van der Waals surface area (Å²) in [6.07, 6.45) is 1.72. The predicted octanol–water partition coefficient (Wildman–Crippen LogP) is 0.521. The van der Waals surface area contributed by atoms with Crippen LogP contribution in [0.5, 0.6) is 0 Å². The maximum atomic E-state index is 5.39. The van der Waals surface area contributed by atoms with Crippen molar-refractivity contribution in [1.82, 2.24) is 19.1 Å². The van der Waals surface area contributed by atoms with Crippen LogP contribution in [0, 0.1) is 0 Å². The molecule has 0 aromatic carbocycles. The lowest BCUT2D eigenvalue weighted by Crippen LogP contribution is -1.93. The molecule has 0 spiro atoms. The molecule has 0 aliphatic carbocycles. The van der Waals surface area contributed by atoms with Gasteiger partial charge in [-0.25, -0.2) is 0 Å². The molecule has 2 aromatic heterocycles. The van der Waals surface area contributed by atoms with Crippen LogP contribution in [0.4, 0.5) is 5.95 Å². The molecule has 5 nitrogen and oxygen atoms in total. The Balaban J connectivity index is 2.50. The van der Waals surface area contributed by atoms with Crippen molar-refractivity contribution in [2.75, 3.05) is 5.73 Å². The standard InChI is InChI=1S/C6H7N5S/c1-11-4(2-3-8-11)5-9-6(7)10-12-5/h2-3H,1H3,(H2,7,10). The Kier molecular flexibility index (Phi) is 1.54. The van der Waals surface area contributed by atoms with E-state index in [0.717, 1.165) is 10.7 Å². The van der Waals surface area contributed by atoms with E-state index >= 15 is 0 Å². The summed E-state index contributed by atoms with van der Waals surface area (Å²) in [5, 5.41) is 4.82. The first-order chi connectivity index (χ1) is 5.77. The zero-order valence-electron chi connectivity index (χ0n) is 6.43. The van der Waals surface area contributed by atoms with E-state index < -0.39 is 0 Å². The summed E-state index contributed by atoms with van der Waals surface area (Å²) in [5.74, 6) is 0.316. The molecular formula is C6H7N5S. The Bertz CT molecular complexity index is 390. The van der Waals surface area contributed by atoms with Crippen molar-refractivity contribution in [3.8, 4) is 10.7 Å². The number of aryl methyl sites for hydroxylation is 1. The van der Waals surface area contributed by atoms with Crippen LogP contribution in [0.15, 0.2) is 12.3 Å². The van der Waals surface area contributed by atoms with Crippen molar-refractivity contribution in [3.05, 3.63) is 12.3 Å². The first-order valence-corrected chi connectivity index (χ1v) is 4.12. The lowest BCUT2D eigenvalue weighted by molar-refractivity contribution is 0.775. The Hall–Kier alpha value is -1.43. The Morgan fingerprint density at radius 1 is 1.58 bits per heavy atom. The van der Waals surface area contributed by atoms with E-state index in [4.69, 9.17) is 5.73 Å². The summed E-state index contributed by atoms with van der Waals surface area (Å²) in [4.78, 5) is 4.04. The van der Waals surface area contributed by atoms with Gasteiger partial charge >= 0.3 is 0 Å². The summed E-state index contributed by atoms with van der Waals surface area (Å²) >= 11 is 1.27. The molecule has 6 heteroatoms. The van der Waals surface area contributed by atoms with Crippen molar-refractivity contribution in [3.63, 3.8) is 0 Å². The number of nitrogens with two attached hydrogens (primary N) is 1. The molecule has 0 bridgehead atoms. The van der Waals surface area contributed by atoms with Crippen molar-refractivity contribution < 1.29 is 0 Å². The lowest BCUT2D eigenvalue weighted by Gasteiger charge is -1.93. The second-order valence-electron chi connectivity index (χ2n) is 2.30. The van der Waals surface area contributed by atoms with Crippen LogP contribution < -0.4 is 5.73 Å². The van der Waals surface area contributed by atoms with E-state index in [9.17, 15) is 0 Å². The van der Waals surface area contributed by atoms with Gasteiger partial charge in [-0.05, 0) is 17.6 Å². The Morgan fingerprint density at radius 3 is 2.92 bits per heavy atom. The molecular weight excluding hydrogens is 174 g/mol. The SMILES string of the molecule is Cn1nccc1-c1nc(N)ns1. The highest BCUT2D eigenvalue weighted by Gasteiger charge is 2.06. The van der Waals surface area contributed by atoms with Gasteiger partial charge in [-0.2, -0.15) is 14.5 Å². The highest BCUT2D eigenvalue weighted by atomic mass is 32.1. The molecule has 0 saturated carbocycles. The van der Waals surface area contributed by atoms with Crippen LogP contribution in [-0.2, 0) is 7.05 Å². The molecule has 0 atom stereocenters. The molecule has 0 fully saturated rings. The minimum absolute atomic E-state index is 0.316. The van der Waals surface area contributed by atoms with Gasteiger partial charge in [0.15, 0.2) is 5.01 Å². The molecule has 0 aliphatic heterocycles. The van der Waals surface area contributed by atoms with E-state index in [1.54, 1.807) is 10.9 Å². The summed E-state index contributed by atoms with van der Waals surface area (Å²) in [6, 6.07) is 1.87. The van der Waals surface area contributed by atoms with Crippen LogP contribution in [0.1, 0.15) is 0 Å². The molecule has 2 aromatic rings. The number of hydrogen-bond acceptors (Lipinski definition) is 5. The molecule has 2 rings (SSSR count). The van der Waals surface area contributed by atoms with Crippen LogP contribution in [0.2, 0.25) is 0 Å². The number of rotatable bonds is 1. The van der Waals surface area contributed by atoms with Gasteiger partial charge in [-0.3, -0.25) is 4.68 Å². The quantitative estimate of drug-likeness (QED) is 0.696. The maximum absolute atomic E-state index is 5.39. The minimum atomic E-state index is 0.316. The fourth-order valence-corrected chi connectivity index (χ4v) is 1.57. The molecule has 2 N–H and O–H groups in total. The summed E-state index contributed by atoms with van der Waals surface area (Å²) in [6.45, 7) is 0. The van der Waals surface area contributed by atoms with E-state index in [-0.39, 0.29) is 0 Å². The van der Waals surface area contributed by atoms with Gasteiger partial charge in [-0.1, -0.05) is 0 Å². The van der Waals surface area contributed by atoms with Gasteiger partial charge in [0.2, 0.25) is 5.95 Å². The largest absolute Gasteiger partial charge is 0.367 e. The fraction of sp³-hybridized carbons (Fsp3) is 0.167. The molecule has 0 saturated heterocycles. The second kappa shape index (κ2) is 2.56. The fourth-order valence-electron chi connectivity index (χ4n) is 0.923. The first-order valence-electron chi connectivity index (χ1n) is 3.35. The van der Waals surface area contributed by atoms with Gasteiger partial charge in [0.1, 0.15) is 0 Å². The van der Waals surface area contributed by atoms with Gasteiger partial charge in [0, 0.05) is 13.2 Å². The van der Waals surface area contributed by atoms with E-state index in [2.05, 4.69) is 14.5 Å². The smallest absolute Gasteiger partial charge is 0.232 e. The van der Waals surface area contributed by atoms with Crippen LogP contribution in [-0.4, -0.2) is 19.1 Å². The number of nitrogens with zero attached hydrogens (tertiary/aromatic N) is 4. The van der Waals surface area contributed by atoms with Gasteiger partial charge in [-0.15, -0.1) is 0 Å². The molecule has 0 radical (unpaired) electrons. The van der Waals surface area contributed by atoms with Gasteiger partial charge in [0.05, 0.1) is 5.69 Å². The molecule has 62 valence electrons. The predicted molar refractivity (Wildman–Crippen MR) is 46.5 cm³/mol. The van der Waals surface area contributed by atoms with Crippen LogP contribution >= 0.6 is 11.5 Å². The number of aromatic nitrogens is 4. The minimum Gasteiger partial charge on any atom is -0.367 e. The van der Waals surface area contributed by atoms with E-state index in [0.29, 0.717) is 5.95 Å². The zero-order chi connectivity index (χ0) is 8.55.